The molecular formula is C85H52N2O2. The third-order valence-corrected chi connectivity index (χ3v) is 19.2. The fourth-order valence-corrected chi connectivity index (χ4v) is 15.6. The van der Waals surface area contributed by atoms with Crippen LogP contribution in [-0.4, -0.2) is 0 Å². The summed E-state index contributed by atoms with van der Waals surface area (Å²) in [6.45, 7) is 0. The minimum atomic E-state index is -0.756. The van der Waals surface area contributed by atoms with Gasteiger partial charge in [0.1, 0.15) is 11.2 Å². The molecule has 15 aromatic carbocycles. The van der Waals surface area contributed by atoms with Gasteiger partial charge in [0.05, 0.1) is 22.5 Å². The van der Waals surface area contributed by atoms with Gasteiger partial charge in [0.2, 0.25) is 0 Å². The van der Waals surface area contributed by atoms with Crippen molar-refractivity contribution in [3.8, 4) is 44.5 Å². The molecule has 414 valence electrons. The van der Waals surface area contributed by atoms with Gasteiger partial charge in [-0.1, -0.05) is 261 Å². The summed E-state index contributed by atoms with van der Waals surface area (Å²) in [5, 5.41) is 11.4. The Morgan fingerprint density at radius 1 is 0.225 bits per heavy atom. The highest BCUT2D eigenvalue weighted by atomic mass is 16.3. The van der Waals surface area contributed by atoms with Crippen LogP contribution >= 0.6 is 0 Å². The molecule has 0 saturated heterocycles. The quantitative estimate of drug-likeness (QED) is 0.142. The average molecular weight is 1130 g/mol. The maximum atomic E-state index is 7.32. The second-order valence-electron chi connectivity index (χ2n) is 23.7. The first kappa shape index (κ1) is 49.5. The standard InChI is InChI=1S/C85H52N2O2/c1-5-25-53(26-6-1)58-39-21-41-67-69-43-23-47-75(83(69)88-81(58)67)86(55-29-9-3-10-30-55)57-49-50-66-71(51-57)60-33-13-15-37-64(60)79-78-65-38-16-14-36-63(65)77(52-74(78)85(80(66)79)72-45-19-17-34-61(72)62-35-18-20-46-73(62)85)87(56-31-11-4-12-32-56)76-48-24-44-70-68-42-22-40-59(82(68)89-84(70)76)54-27-7-2-8-28-54/h1-52H. The van der Waals surface area contributed by atoms with E-state index >= 15 is 0 Å². The minimum Gasteiger partial charge on any atom is -0.453 e. The molecule has 0 radical (unpaired) electrons. The lowest BCUT2D eigenvalue weighted by Gasteiger charge is -2.34. The van der Waals surface area contributed by atoms with Gasteiger partial charge < -0.3 is 18.6 Å². The smallest absolute Gasteiger partial charge is 0.159 e. The molecule has 4 nitrogen and oxygen atoms in total. The number of para-hydroxylation sites is 6. The monoisotopic (exact) mass is 1130 g/mol. The zero-order valence-corrected chi connectivity index (χ0v) is 48.2. The molecule has 17 aromatic rings. The molecule has 0 N–H and O–H groups in total. The third kappa shape index (κ3) is 7.00. The first-order valence-corrected chi connectivity index (χ1v) is 30.7. The van der Waals surface area contributed by atoms with Crippen LogP contribution in [-0.2, 0) is 5.41 Å². The van der Waals surface area contributed by atoms with Crippen LogP contribution < -0.4 is 9.80 Å². The van der Waals surface area contributed by atoms with E-state index in [-0.39, 0.29) is 0 Å². The van der Waals surface area contributed by atoms with Gasteiger partial charge in [-0.2, -0.15) is 0 Å². The number of nitrogens with zero attached hydrogens (tertiary/aromatic N) is 2. The van der Waals surface area contributed by atoms with Gasteiger partial charge >= 0.3 is 0 Å². The van der Waals surface area contributed by atoms with E-state index in [2.05, 4.69) is 325 Å². The van der Waals surface area contributed by atoms with Gasteiger partial charge in [0.25, 0.3) is 0 Å². The normalized spacial score (nSPS) is 12.8. The molecule has 2 aliphatic rings. The number of benzene rings is 15. The highest BCUT2D eigenvalue weighted by Gasteiger charge is 2.54. The SMILES string of the molecule is c1ccc(-c2cccc3c2oc2c(N(c4ccccc4)c4ccc5c6c(c7ccccc7c5c4)-c4c(cc(N(c5ccccc5)c5cccc7c5oc5c(-c8ccccc8)cccc57)c5ccccc45)C64c5ccccc5-c5ccccc54)cccc23)cc1. The highest BCUT2D eigenvalue weighted by molar-refractivity contribution is 6.25. The molecule has 2 aliphatic carbocycles. The molecule has 0 amide bonds. The Bertz CT molecular complexity index is 5700. The Hall–Kier alpha value is -11.7. The van der Waals surface area contributed by atoms with Crippen LogP contribution in [0.15, 0.2) is 324 Å². The van der Waals surface area contributed by atoms with E-state index in [1.54, 1.807) is 0 Å². The van der Waals surface area contributed by atoms with E-state index in [1.165, 1.54) is 71.4 Å². The van der Waals surface area contributed by atoms with Crippen molar-refractivity contribution in [3.63, 3.8) is 0 Å². The Morgan fingerprint density at radius 2 is 0.640 bits per heavy atom. The molecule has 89 heavy (non-hydrogen) atoms. The lowest BCUT2D eigenvalue weighted by atomic mass is 9.69. The first-order valence-electron chi connectivity index (χ1n) is 30.7. The summed E-state index contributed by atoms with van der Waals surface area (Å²) < 4.78 is 14.5. The van der Waals surface area contributed by atoms with Crippen LogP contribution in [0.4, 0.5) is 34.1 Å². The predicted octanol–water partition coefficient (Wildman–Crippen LogP) is 23.6. The van der Waals surface area contributed by atoms with Crippen molar-refractivity contribution >= 4 is 110 Å². The number of fused-ring (bicyclic) bond motifs is 23. The highest BCUT2D eigenvalue weighted by Crippen LogP contribution is 2.68. The molecule has 0 saturated carbocycles. The van der Waals surface area contributed by atoms with E-state index < -0.39 is 5.41 Å². The van der Waals surface area contributed by atoms with Crippen LogP contribution in [0.3, 0.4) is 0 Å². The van der Waals surface area contributed by atoms with Crippen LogP contribution in [0.2, 0.25) is 0 Å². The van der Waals surface area contributed by atoms with Crippen molar-refractivity contribution in [1.29, 1.82) is 0 Å². The van der Waals surface area contributed by atoms with Crippen LogP contribution in [0.5, 0.6) is 0 Å². The Morgan fingerprint density at radius 3 is 1.20 bits per heavy atom. The zero-order valence-electron chi connectivity index (χ0n) is 48.2. The molecular weight excluding hydrogens is 1080 g/mol. The van der Waals surface area contributed by atoms with Crippen molar-refractivity contribution in [1.82, 2.24) is 0 Å². The van der Waals surface area contributed by atoms with E-state index in [4.69, 9.17) is 8.83 Å². The summed E-state index contributed by atoms with van der Waals surface area (Å²) in [4.78, 5) is 4.85. The third-order valence-electron chi connectivity index (χ3n) is 19.2. The number of rotatable bonds is 8. The van der Waals surface area contributed by atoms with E-state index in [0.29, 0.717) is 0 Å². The molecule has 0 aliphatic heterocycles. The van der Waals surface area contributed by atoms with Crippen molar-refractivity contribution in [2.24, 2.45) is 0 Å². The Kier molecular flexibility index (Phi) is 10.7. The summed E-state index contributed by atoms with van der Waals surface area (Å²) in [5.41, 5.74) is 23.3. The number of anilines is 6. The molecule has 1 spiro atoms. The number of hydrogen-bond acceptors (Lipinski definition) is 4. The molecule has 0 bridgehead atoms. The largest absolute Gasteiger partial charge is 0.453 e. The van der Waals surface area contributed by atoms with E-state index in [1.807, 2.05) is 0 Å². The van der Waals surface area contributed by atoms with Crippen LogP contribution in [0.25, 0.3) is 121 Å². The van der Waals surface area contributed by atoms with Gasteiger partial charge in [-0.3, -0.25) is 0 Å². The van der Waals surface area contributed by atoms with Gasteiger partial charge in [-0.05, 0) is 137 Å². The summed E-state index contributed by atoms with van der Waals surface area (Å²) in [5.74, 6) is 0. The molecule has 0 unspecified atom stereocenters. The fourth-order valence-electron chi connectivity index (χ4n) is 15.6. The molecule has 19 rings (SSSR count). The van der Waals surface area contributed by atoms with Gasteiger partial charge in [0.15, 0.2) is 11.2 Å². The summed E-state index contributed by atoms with van der Waals surface area (Å²) in [6, 6.07) is 115. The molecule has 2 aromatic heterocycles. The van der Waals surface area contributed by atoms with Crippen molar-refractivity contribution < 1.29 is 8.83 Å². The van der Waals surface area contributed by atoms with Gasteiger partial charge in [-0.15, -0.1) is 0 Å². The summed E-state index contributed by atoms with van der Waals surface area (Å²) >= 11 is 0. The van der Waals surface area contributed by atoms with E-state index in [0.717, 1.165) is 106 Å². The maximum absolute atomic E-state index is 7.32. The van der Waals surface area contributed by atoms with Crippen molar-refractivity contribution in [2.45, 2.75) is 5.41 Å². The topological polar surface area (TPSA) is 32.8 Å². The summed E-state index contributed by atoms with van der Waals surface area (Å²) in [7, 11) is 0. The maximum Gasteiger partial charge on any atom is 0.159 e. The first-order chi connectivity index (χ1) is 44.2. The minimum absolute atomic E-state index is 0.756. The van der Waals surface area contributed by atoms with Crippen LogP contribution in [0, 0.1) is 0 Å². The second kappa shape index (κ2) is 19.1. The zero-order chi connectivity index (χ0) is 58.3. The molecule has 2 heterocycles. The van der Waals surface area contributed by atoms with Gasteiger partial charge in [0, 0.05) is 55.1 Å². The number of furan rings is 2. The van der Waals surface area contributed by atoms with Crippen molar-refractivity contribution in [3.05, 3.63) is 338 Å². The Labute approximate surface area is 513 Å². The Balaban J connectivity index is 0.902. The van der Waals surface area contributed by atoms with Crippen LogP contribution in [0.1, 0.15) is 22.3 Å². The molecule has 0 atom stereocenters. The average Bonchev–Trinajstić information content (AvgIpc) is 1.52. The summed E-state index contributed by atoms with van der Waals surface area (Å²) in [6.07, 6.45) is 0. The molecule has 0 fully saturated rings. The lowest BCUT2D eigenvalue weighted by Crippen LogP contribution is -2.26. The lowest BCUT2D eigenvalue weighted by molar-refractivity contribution is 0.670. The second-order valence-corrected chi connectivity index (χ2v) is 23.7. The fraction of sp³-hybridized carbons (Fsp3) is 0.0118. The van der Waals surface area contributed by atoms with Gasteiger partial charge in [-0.25, -0.2) is 0 Å². The molecule has 4 heteroatoms. The predicted molar refractivity (Wildman–Crippen MR) is 370 cm³/mol. The van der Waals surface area contributed by atoms with Crippen molar-refractivity contribution in [2.75, 3.05) is 9.80 Å². The van der Waals surface area contributed by atoms with E-state index in [9.17, 15) is 0 Å². The number of hydrogen-bond donors (Lipinski definition) is 0.